The molecule has 1 N–H and O–H groups in total. The van der Waals surface area contributed by atoms with Crippen LogP contribution < -0.4 is 5.32 Å². The van der Waals surface area contributed by atoms with Crippen molar-refractivity contribution in [2.45, 2.75) is 63.1 Å². The molecule has 2 fully saturated rings. The van der Waals surface area contributed by atoms with Crippen LogP contribution >= 0.6 is 27.5 Å². The molecule has 3 rings (SSSR count). The van der Waals surface area contributed by atoms with Gasteiger partial charge >= 0.3 is 0 Å². The Hall–Kier alpha value is -1.07. The average molecular weight is 428 g/mol. The van der Waals surface area contributed by atoms with Crippen LogP contribution in [-0.2, 0) is 9.59 Å². The molecule has 0 aliphatic heterocycles. The highest BCUT2D eigenvalue weighted by Gasteiger charge is 2.41. The summed E-state index contributed by atoms with van der Waals surface area (Å²) in [5.41, 5.74) is 0.827. The molecule has 136 valence electrons. The summed E-state index contributed by atoms with van der Waals surface area (Å²) in [6.07, 6.45) is 7.45. The van der Waals surface area contributed by atoms with Crippen LogP contribution in [0.25, 0.3) is 0 Å². The van der Waals surface area contributed by atoms with Gasteiger partial charge in [-0.05, 0) is 43.4 Å². The summed E-state index contributed by atoms with van der Waals surface area (Å²) in [4.78, 5) is 27.3. The van der Waals surface area contributed by atoms with Crippen LogP contribution in [0.1, 0.15) is 56.6 Å². The first-order valence-corrected chi connectivity index (χ1v) is 10.4. The number of carbonyl (C=O) groups excluding carboxylic acids is 2. The lowest BCUT2D eigenvalue weighted by Crippen LogP contribution is -2.48. The Morgan fingerprint density at radius 2 is 1.92 bits per heavy atom. The van der Waals surface area contributed by atoms with Gasteiger partial charge in [-0.1, -0.05) is 47.3 Å². The maximum Gasteiger partial charge on any atom is 0.247 e. The van der Waals surface area contributed by atoms with Crippen LogP contribution in [0.4, 0.5) is 0 Å². The molecule has 2 saturated carbocycles. The van der Waals surface area contributed by atoms with Crippen molar-refractivity contribution in [2.24, 2.45) is 0 Å². The molecule has 0 unspecified atom stereocenters. The molecular formula is C19H24BrClN2O2. The monoisotopic (exact) mass is 426 g/mol. The van der Waals surface area contributed by atoms with E-state index >= 15 is 0 Å². The fraction of sp³-hybridized carbons (Fsp3) is 0.579. The zero-order chi connectivity index (χ0) is 17.8. The number of nitrogens with zero attached hydrogens (tertiary/aromatic N) is 1. The minimum absolute atomic E-state index is 0.0876. The van der Waals surface area contributed by atoms with E-state index in [4.69, 9.17) is 11.6 Å². The normalized spacial score (nSPS) is 19.3. The van der Waals surface area contributed by atoms with Crippen molar-refractivity contribution in [3.05, 3.63) is 34.3 Å². The molecule has 6 heteroatoms. The molecule has 0 heterocycles. The van der Waals surface area contributed by atoms with Gasteiger partial charge in [0.25, 0.3) is 0 Å². The molecule has 0 saturated heterocycles. The third-order valence-electron chi connectivity index (χ3n) is 4.99. The van der Waals surface area contributed by atoms with E-state index in [9.17, 15) is 9.59 Å². The molecule has 25 heavy (non-hydrogen) atoms. The predicted molar refractivity (Wildman–Crippen MR) is 102 cm³/mol. The van der Waals surface area contributed by atoms with Gasteiger partial charge in [0.1, 0.15) is 11.9 Å². The van der Waals surface area contributed by atoms with Gasteiger partial charge in [-0.15, -0.1) is 11.6 Å². The Bertz CT molecular complexity index is 630. The zero-order valence-electron chi connectivity index (χ0n) is 14.2. The molecule has 2 aliphatic carbocycles. The standard InChI is InChI=1S/C19H24BrClN2O2/c20-14-6-4-5-13(11-14)18(23(16-9-10-16)17(24)12-21)19(25)22-15-7-2-1-3-8-15/h4-6,11,15-16,18H,1-3,7-10,12H2,(H,22,25)/t18-/m1/s1. The molecule has 0 spiro atoms. The van der Waals surface area contributed by atoms with Gasteiger partial charge in [-0.25, -0.2) is 0 Å². The van der Waals surface area contributed by atoms with Crippen LogP contribution in [0.2, 0.25) is 0 Å². The second kappa shape index (κ2) is 8.54. The van der Waals surface area contributed by atoms with E-state index in [1.807, 2.05) is 24.3 Å². The van der Waals surface area contributed by atoms with Crippen LogP contribution in [0.5, 0.6) is 0 Å². The predicted octanol–water partition coefficient (Wildman–Crippen LogP) is 4.17. The number of hydrogen-bond acceptors (Lipinski definition) is 2. The first-order chi connectivity index (χ1) is 12.1. The van der Waals surface area contributed by atoms with Crippen molar-refractivity contribution < 1.29 is 9.59 Å². The smallest absolute Gasteiger partial charge is 0.247 e. The Morgan fingerprint density at radius 3 is 2.52 bits per heavy atom. The van der Waals surface area contributed by atoms with Crippen molar-refractivity contribution in [1.29, 1.82) is 0 Å². The van der Waals surface area contributed by atoms with Gasteiger partial charge in [0.2, 0.25) is 11.8 Å². The quantitative estimate of drug-likeness (QED) is 0.693. The van der Waals surface area contributed by atoms with Crippen LogP contribution in [-0.4, -0.2) is 34.7 Å². The summed E-state index contributed by atoms with van der Waals surface area (Å²) in [5, 5.41) is 3.19. The van der Waals surface area contributed by atoms with Crippen molar-refractivity contribution in [1.82, 2.24) is 10.2 Å². The highest BCUT2D eigenvalue weighted by molar-refractivity contribution is 9.10. The van der Waals surface area contributed by atoms with Gasteiger partial charge in [-0.3, -0.25) is 9.59 Å². The lowest BCUT2D eigenvalue weighted by atomic mass is 9.94. The maximum absolute atomic E-state index is 13.2. The molecular weight excluding hydrogens is 404 g/mol. The average Bonchev–Trinajstić information content (AvgIpc) is 3.44. The van der Waals surface area contributed by atoms with E-state index in [-0.39, 0.29) is 29.8 Å². The number of nitrogens with one attached hydrogen (secondary N) is 1. The van der Waals surface area contributed by atoms with E-state index in [0.717, 1.165) is 48.6 Å². The highest BCUT2D eigenvalue weighted by Crippen LogP contribution is 2.36. The SMILES string of the molecule is O=C(NC1CCCCC1)[C@@H](c1cccc(Br)c1)N(C(=O)CCl)C1CC1. The third-order valence-corrected chi connectivity index (χ3v) is 5.71. The second-order valence-electron chi connectivity index (χ2n) is 6.97. The summed E-state index contributed by atoms with van der Waals surface area (Å²) < 4.78 is 0.898. The molecule has 1 atom stereocenters. The molecule has 0 radical (unpaired) electrons. The number of hydrogen-bond donors (Lipinski definition) is 1. The Morgan fingerprint density at radius 1 is 1.20 bits per heavy atom. The first kappa shape index (κ1) is 18.7. The minimum Gasteiger partial charge on any atom is -0.351 e. The Kier molecular flexibility index (Phi) is 6.39. The summed E-state index contributed by atoms with van der Waals surface area (Å²) in [6, 6.07) is 7.36. The van der Waals surface area contributed by atoms with Crippen molar-refractivity contribution in [3.8, 4) is 0 Å². The number of alkyl halides is 1. The fourth-order valence-corrected chi connectivity index (χ4v) is 4.18. The van der Waals surface area contributed by atoms with Crippen molar-refractivity contribution in [3.63, 3.8) is 0 Å². The van der Waals surface area contributed by atoms with Crippen LogP contribution in [0.3, 0.4) is 0 Å². The van der Waals surface area contributed by atoms with E-state index < -0.39 is 6.04 Å². The molecule has 1 aromatic rings. The van der Waals surface area contributed by atoms with Crippen molar-refractivity contribution >= 4 is 39.3 Å². The summed E-state index contributed by atoms with van der Waals surface area (Å²) >= 11 is 9.32. The van der Waals surface area contributed by atoms with Crippen LogP contribution in [0.15, 0.2) is 28.7 Å². The van der Waals surface area contributed by atoms with E-state index in [0.29, 0.717) is 0 Å². The molecule has 2 aliphatic rings. The van der Waals surface area contributed by atoms with Gasteiger partial charge in [0.15, 0.2) is 0 Å². The summed E-state index contributed by atoms with van der Waals surface area (Å²) in [6.45, 7) is 0. The molecule has 0 bridgehead atoms. The molecule has 2 amide bonds. The van der Waals surface area contributed by atoms with Gasteiger partial charge in [0, 0.05) is 16.6 Å². The number of carbonyl (C=O) groups is 2. The third kappa shape index (κ3) is 4.76. The van der Waals surface area contributed by atoms with Gasteiger partial charge in [0.05, 0.1) is 0 Å². The summed E-state index contributed by atoms with van der Waals surface area (Å²) in [7, 11) is 0. The molecule has 1 aromatic carbocycles. The van der Waals surface area contributed by atoms with E-state index in [1.54, 1.807) is 4.90 Å². The summed E-state index contributed by atoms with van der Waals surface area (Å²) in [5.74, 6) is -0.360. The topological polar surface area (TPSA) is 49.4 Å². The second-order valence-corrected chi connectivity index (χ2v) is 8.15. The lowest BCUT2D eigenvalue weighted by molar-refractivity contribution is -0.140. The van der Waals surface area contributed by atoms with E-state index in [1.165, 1.54) is 6.42 Å². The number of rotatable bonds is 6. The zero-order valence-corrected chi connectivity index (χ0v) is 16.6. The number of benzene rings is 1. The van der Waals surface area contributed by atoms with Crippen LogP contribution in [0, 0.1) is 0 Å². The highest BCUT2D eigenvalue weighted by atomic mass is 79.9. The number of amides is 2. The minimum atomic E-state index is -0.613. The largest absolute Gasteiger partial charge is 0.351 e. The molecule has 0 aromatic heterocycles. The van der Waals surface area contributed by atoms with E-state index in [2.05, 4.69) is 21.2 Å². The number of halogens is 2. The Labute approximate surface area is 162 Å². The van der Waals surface area contributed by atoms with Crippen molar-refractivity contribution in [2.75, 3.05) is 5.88 Å². The maximum atomic E-state index is 13.2. The molecule has 4 nitrogen and oxygen atoms in total. The van der Waals surface area contributed by atoms with Gasteiger partial charge in [-0.2, -0.15) is 0 Å². The first-order valence-electron chi connectivity index (χ1n) is 9.03. The Balaban J connectivity index is 1.87. The van der Waals surface area contributed by atoms with Gasteiger partial charge < -0.3 is 10.2 Å². The lowest BCUT2D eigenvalue weighted by Gasteiger charge is -2.33. The fourth-order valence-electron chi connectivity index (χ4n) is 3.62.